The topological polar surface area (TPSA) is 33.1 Å². The zero-order valence-corrected chi connectivity index (χ0v) is 10.6. The Labute approximate surface area is 111 Å². The minimum Gasteiger partial charge on any atom is -0.508 e. The van der Waals surface area contributed by atoms with Gasteiger partial charge in [-0.1, -0.05) is 11.6 Å². The third-order valence-electron chi connectivity index (χ3n) is 2.54. The average Bonchev–Trinajstić information content (AvgIpc) is 2.75. The van der Waals surface area contributed by atoms with Gasteiger partial charge in [0.1, 0.15) is 16.6 Å². The Morgan fingerprint density at radius 1 is 1.17 bits per heavy atom. The smallest absolute Gasteiger partial charge is 0.141 e. The number of halogens is 2. The van der Waals surface area contributed by atoms with Crippen LogP contribution in [0.15, 0.2) is 36.4 Å². The van der Waals surface area contributed by atoms with Crippen LogP contribution in [0.25, 0.3) is 20.8 Å². The Bertz CT molecular complexity index is 741. The van der Waals surface area contributed by atoms with Crippen LogP contribution in [-0.2, 0) is 0 Å². The summed E-state index contributed by atoms with van der Waals surface area (Å²) in [4.78, 5) is 4.42. The minimum absolute atomic E-state index is 0.0783. The number of aromatic nitrogens is 1. The summed E-state index contributed by atoms with van der Waals surface area (Å²) in [6, 6.07) is 9.50. The van der Waals surface area contributed by atoms with Gasteiger partial charge in [-0.05, 0) is 36.4 Å². The fourth-order valence-electron chi connectivity index (χ4n) is 1.67. The van der Waals surface area contributed by atoms with Gasteiger partial charge >= 0.3 is 0 Å². The molecule has 0 atom stereocenters. The molecule has 0 aliphatic heterocycles. The Balaban J connectivity index is 2.16. The molecule has 2 nitrogen and oxygen atoms in total. The van der Waals surface area contributed by atoms with E-state index in [1.807, 2.05) is 0 Å². The molecular formula is C13H7ClFNOS. The molecule has 1 aromatic heterocycles. The number of phenols is 1. The molecule has 0 saturated heterocycles. The molecule has 1 N–H and O–H groups in total. The molecule has 90 valence electrons. The lowest BCUT2D eigenvalue weighted by Gasteiger charge is -1.97. The number of hydrogen-bond donors (Lipinski definition) is 1. The third kappa shape index (κ3) is 1.94. The molecular weight excluding hydrogens is 273 g/mol. The van der Waals surface area contributed by atoms with Gasteiger partial charge in [-0.3, -0.25) is 0 Å². The van der Waals surface area contributed by atoms with Crippen LogP contribution in [-0.4, -0.2) is 10.1 Å². The van der Waals surface area contributed by atoms with Crippen molar-refractivity contribution in [3.63, 3.8) is 0 Å². The molecule has 0 radical (unpaired) electrons. The number of aromatic hydroxyl groups is 1. The highest BCUT2D eigenvalue weighted by Gasteiger charge is 2.09. The predicted octanol–water partition coefficient (Wildman–Crippen LogP) is 4.46. The van der Waals surface area contributed by atoms with Crippen LogP contribution in [0.2, 0.25) is 5.02 Å². The maximum Gasteiger partial charge on any atom is 0.141 e. The van der Waals surface area contributed by atoms with Gasteiger partial charge in [0.25, 0.3) is 0 Å². The molecule has 0 saturated carbocycles. The summed E-state index contributed by atoms with van der Waals surface area (Å²) >= 11 is 7.18. The first-order valence-corrected chi connectivity index (χ1v) is 6.38. The molecule has 0 aliphatic carbocycles. The van der Waals surface area contributed by atoms with Crippen molar-refractivity contribution in [2.24, 2.45) is 0 Å². The summed E-state index contributed by atoms with van der Waals surface area (Å²) in [5.74, 6) is -0.242. The van der Waals surface area contributed by atoms with Crippen molar-refractivity contribution in [3.8, 4) is 16.3 Å². The van der Waals surface area contributed by atoms with Gasteiger partial charge in [0.2, 0.25) is 0 Å². The highest BCUT2D eigenvalue weighted by molar-refractivity contribution is 7.21. The first kappa shape index (κ1) is 11.4. The SMILES string of the molecule is Oc1ccc2nc(-c3ccc(F)c(Cl)c3)sc2c1. The van der Waals surface area contributed by atoms with E-state index in [9.17, 15) is 9.50 Å². The van der Waals surface area contributed by atoms with Crippen molar-refractivity contribution in [2.75, 3.05) is 0 Å². The highest BCUT2D eigenvalue weighted by Crippen LogP contribution is 2.33. The Kier molecular flexibility index (Phi) is 2.69. The van der Waals surface area contributed by atoms with Gasteiger partial charge < -0.3 is 5.11 Å². The molecule has 0 amide bonds. The summed E-state index contributed by atoms with van der Waals surface area (Å²) in [5.41, 5.74) is 1.57. The number of benzene rings is 2. The van der Waals surface area contributed by atoms with E-state index in [2.05, 4.69) is 4.98 Å². The lowest BCUT2D eigenvalue weighted by Crippen LogP contribution is -1.79. The van der Waals surface area contributed by atoms with Gasteiger partial charge in [-0.2, -0.15) is 0 Å². The van der Waals surface area contributed by atoms with Crippen LogP contribution in [0.1, 0.15) is 0 Å². The Morgan fingerprint density at radius 2 is 2.00 bits per heavy atom. The summed E-state index contributed by atoms with van der Waals surface area (Å²) in [6.45, 7) is 0. The van der Waals surface area contributed by atoms with Gasteiger partial charge in [0.15, 0.2) is 0 Å². The zero-order chi connectivity index (χ0) is 12.7. The van der Waals surface area contributed by atoms with Crippen molar-refractivity contribution in [1.82, 2.24) is 4.98 Å². The summed E-state index contributed by atoms with van der Waals surface area (Å²) in [6.07, 6.45) is 0. The maximum atomic E-state index is 13.1. The van der Waals surface area contributed by atoms with Crippen molar-refractivity contribution in [3.05, 3.63) is 47.2 Å². The second-order valence-corrected chi connectivity index (χ2v) is 5.24. The molecule has 0 spiro atoms. The first-order valence-electron chi connectivity index (χ1n) is 5.18. The first-order chi connectivity index (χ1) is 8.63. The highest BCUT2D eigenvalue weighted by atomic mass is 35.5. The number of phenolic OH excluding ortho intramolecular Hbond substituents is 1. The molecule has 3 rings (SSSR count). The largest absolute Gasteiger partial charge is 0.508 e. The Morgan fingerprint density at radius 3 is 2.78 bits per heavy atom. The van der Waals surface area contributed by atoms with Crippen molar-refractivity contribution in [1.29, 1.82) is 0 Å². The average molecular weight is 280 g/mol. The standard InChI is InChI=1S/C13H7ClFNOS/c14-9-5-7(1-3-10(9)15)13-16-11-4-2-8(17)6-12(11)18-13/h1-6,17H. The second-order valence-electron chi connectivity index (χ2n) is 3.80. The predicted molar refractivity (Wildman–Crippen MR) is 71.7 cm³/mol. The van der Waals surface area contributed by atoms with E-state index in [-0.39, 0.29) is 10.8 Å². The van der Waals surface area contributed by atoms with Crippen molar-refractivity contribution < 1.29 is 9.50 Å². The molecule has 0 unspecified atom stereocenters. The molecule has 18 heavy (non-hydrogen) atoms. The van der Waals surface area contributed by atoms with Crippen LogP contribution in [0.3, 0.4) is 0 Å². The van der Waals surface area contributed by atoms with Crippen molar-refractivity contribution in [2.45, 2.75) is 0 Å². The summed E-state index contributed by atoms with van der Waals surface area (Å²) < 4.78 is 14.0. The van der Waals surface area contributed by atoms with Gasteiger partial charge in [0, 0.05) is 5.56 Å². The van der Waals surface area contributed by atoms with E-state index in [1.165, 1.54) is 17.4 Å². The number of rotatable bonds is 1. The molecule has 3 aromatic rings. The van der Waals surface area contributed by atoms with Crippen LogP contribution in [0.4, 0.5) is 4.39 Å². The van der Waals surface area contributed by atoms with E-state index in [1.54, 1.807) is 30.3 Å². The quantitative estimate of drug-likeness (QED) is 0.713. The van der Waals surface area contributed by atoms with Crippen LogP contribution < -0.4 is 0 Å². The van der Waals surface area contributed by atoms with Gasteiger partial charge in [-0.15, -0.1) is 11.3 Å². The molecule has 0 bridgehead atoms. The monoisotopic (exact) mass is 279 g/mol. The van der Waals surface area contributed by atoms with E-state index in [4.69, 9.17) is 11.6 Å². The fourth-order valence-corrected chi connectivity index (χ4v) is 2.84. The third-order valence-corrected chi connectivity index (χ3v) is 3.90. The molecule has 0 aliphatic rings. The molecule has 1 heterocycles. The summed E-state index contributed by atoms with van der Waals surface area (Å²) in [5, 5.41) is 10.2. The van der Waals surface area contributed by atoms with E-state index in [0.29, 0.717) is 0 Å². The zero-order valence-electron chi connectivity index (χ0n) is 9.02. The lowest BCUT2D eigenvalue weighted by atomic mass is 10.2. The van der Waals surface area contributed by atoms with E-state index in [0.717, 1.165) is 20.8 Å². The molecule has 2 aromatic carbocycles. The lowest BCUT2D eigenvalue weighted by molar-refractivity contribution is 0.476. The summed E-state index contributed by atoms with van der Waals surface area (Å²) in [7, 11) is 0. The number of fused-ring (bicyclic) bond motifs is 1. The van der Waals surface area contributed by atoms with E-state index >= 15 is 0 Å². The second kappa shape index (κ2) is 4.23. The van der Waals surface area contributed by atoms with Crippen LogP contribution in [0, 0.1) is 5.82 Å². The molecule has 0 fully saturated rings. The van der Waals surface area contributed by atoms with Crippen LogP contribution >= 0.6 is 22.9 Å². The maximum absolute atomic E-state index is 13.1. The Hall–Kier alpha value is -1.65. The van der Waals surface area contributed by atoms with Gasteiger partial charge in [-0.25, -0.2) is 9.37 Å². The number of hydrogen-bond acceptors (Lipinski definition) is 3. The van der Waals surface area contributed by atoms with Gasteiger partial charge in [0.05, 0.1) is 15.2 Å². The fraction of sp³-hybridized carbons (Fsp3) is 0. The normalized spacial score (nSPS) is 11.0. The number of thiazole rings is 1. The number of nitrogens with zero attached hydrogens (tertiary/aromatic N) is 1. The van der Waals surface area contributed by atoms with E-state index < -0.39 is 5.82 Å². The van der Waals surface area contributed by atoms with Crippen LogP contribution in [0.5, 0.6) is 5.75 Å². The van der Waals surface area contributed by atoms with Crippen molar-refractivity contribution >= 4 is 33.2 Å². The molecule has 5 heteroatoms. The minimum atomic E-state index is -0.445.